The number of fused-ring (bicyclic) bond motifs is 1. The number of hydrogen-bond donors (Lipinski definition) is 0. The highest BCUT2D eigenvalue weighted by Crippen LogP contribution is 2.26. The first-order chi connectivity index (χ1) is 13.0. The number of piperazine rings is 1. The highest BCUT2D eigenvalue weighted by molar-refractivity contribution is 6.31. The molecule has 1 aliphatic rings. The van der Waals surface area contributed by atoms with Gasteiger partial charge in [0.25, 0.3) is 5.91 Å². The number of nitrogens with zero attached hydrogens (tertiary/aromatic N) is 3. The third-order valence-electron chi connectivity index (χ3n) is 5.13. The van der Waals surface area contributed by atoms with Crippen LogP contribution in [-0.4, -0.2) is 53.5 Å². The number of benzene rings is 2. The van der Waals surface area contributed by atoms with Gasteiger partial charge in [0, 0.05) is 48.6 Å². The fourth-order valence-corrected chi connectivity index (χ4v) is 3.71. The summed E-state index contributed by atoms with van der Waals surface area (Å²) in [6.45, 7) is 3.67. The number of halogens is 2. The molecule has 3 aromatic rings. The Bertz CT molecular complexity index is 975. The Morgan fingerprint density at radius 2 is 1.74 bits per heavy atom. The van der Waals surface area contributed by atoms with E-state index >= 15 is 0 Å². The molecule has 0 bridgehead atoms. The van der Waals surface area contributed by atoms with Crippen molar-refractivity contribution >= 4 is 28.4 Å². The van der Waals surface area contributed by atoms with Gasteiger partial charge in [0.1, 0.15) is 11.5 Å². The zero-order valence-electron chi connectivity index (χ0n) is 15.2. The fourth-order valence-electron chi connectivity index (χ4n) is 3.53. The van der Waals surface area contributed by atoms with E-state index < -0.39 is 0 Å². The van der Waals surface area contributed by atoms with Gasteiger partial charge >= 0.3 is 0 Å². The largest absolute Gasteiger partial charge is 0.335 e. The van der Waals surface area contributed by atoms with E-state index in [1.165, 1.54) is 12.1 Å². The molecule has 2 heterocycles. The van der Waals surface area contributed by atoms with Crippen LogP contribution in [0.4, 0.5) is 4.39 Å². The van der Waals surface area contributed by atoms with Gasteiger partial charge in [0.2, 0.25) is 0 Å². The lowest BCUT2D eigenvalue weighted by atomic mass is 10.2. The van der Waals surface area contributed by atoms with Gasteiger partial charge in [-0.2, -0.15) is 0 Å². The quantitative estimate of drug-likeness (QED) is 0.684. The van der Waals surface area contributed by atoms with Gasteiger partial charge in [-0.3, -0.25) is 4.79 Å². The van der Waals surface area contributed by atoms with Crippen LogP contribution in [0.1, 0.15) is 16.1 Å². The molecule has 2 aromatic carbocycles. The first kappa shape index (κ1) is 18.0. The second kappa shape index (κ2) is 7.33. The molecule has 4 nitrogen and oxygen atoms in total. The van der Waals surface area contributed by atoms with Crippen molar-refractivity contribution in [1.29, 1.82) is 0 Å². The van der Waals surface area contributed by atoms with Gasteiger partial charge in [-0.15, -0.1) is 0 Å². The molecule has 0 unspecified atom stereocenters. The maximum atomic E-state index is 13.3. The van der Waals surface area contributed by atoms with Crippen molar-refractivity contribution in [3.05, 3.63) is 70.6 Å². The van der Waals surface area contributed by atoms with Gasteiger partial charge in [0.15, 0.2) is 0 Å². The summed E-state index contributed by atoms with van der Waals surface area (Å²) in [6, 6.07) is 13.9. The molecule has 1 saturated heterocycles. The zero-order chi connectivity index (χ0) is 19.0. The van der Waals surface area contributed by atoms with E-state index in [2.05, 4.69) is 11.9 Å². The van der Waals surface area contributed by atoms with Crippen LogP contribution in [0.2, 0.25) is 5.02 Å². The van der Waals surface area contributed by atoms with E-state index in [0.29, 0.717) is 30.4 Å². The van der Waals surface area contributed by atoms with E-state index in [0.717, 1.165) is 29.6 Å². The predicted molar refractivity (Wildman–Crippen MR) is 106 cm³/mol. The van der Waals surface area contributed by atoms with Gasteiger partial charge in [-0.05, 0) is 49.0 Å². The molecule has 0 atom stereocenters. The second-order valence-corrected chi connectivity index (χ2v) is 7.48. The highest BCUT2D eigenvalue weighted by Gasteiger charge is 2.24. The van der Waals surface area contributed by atoms with Crippen LogP contribution in [0.25, 0.3) is 10.9 Å². The van der Waals surface area contributed by atoms with E-state index in [-0.39, 0.29) is 11.7 Å². The summed E-state index contributed by atoms with van der Waals surface area (Å²) in [7, 11) is 2.06. The normalized spacial score (nSPS) is 15.4. The lowest BCUT2D eigenvalue weighted by Crippen LogP contribution is -2.47. The first-order valence-electron chi connectivity index (χ1n) is 9.02. The number of likely N-dealkylation sites (N-methyl/N-ethyl adjacent to an activating group) is 1. The van der Waals surface area contributed by atoms with Gasteiger partial charge in [-0.1, -0.05) is 23.7 Å². The second-order valence-electron chi connectivity index (χ2n) is 7.04. The Kier molecular flexibility index (Phi) is 4.89. The molecule has 0 spiro atoms. The van der Waals surface area contributed by atoms with Crippen molar-refractivity contribution in [1.82, 2.24) is 14.4 Å². The van der Waals surface area contributed by atoms with E-state index in [4.69, 9.17) is 11.6 Å². The molecule has 1 aliphatic heterocycles. The highest BCUT2D eigenvalue weighted by atomic mass is 35.5. The molecular formula is C21H21ClFN3O. The van der Waals surface area contributed by atoms with E-state index in [1.54, 1.807) is 12.1 Å². The van der Waals surface area contributed by atoms with Gasteiger partial charge in [-0.25, -0.2) is 4.39 Å². The molecule has 1 fully saturated rings. The van der Waals surface area contributed by atoms with Crippen LogP contribution in [0.3, 0.4) is 0 Å². The SMILES string of the molecule is CN1CCN(C(=O)c2cc3cc(Cl)ccc3n2Cc2ccc(F)cc2)CC1. The zero-order valence-corrected chi connectivity index (χ0v) is 15.9. The number of rotatable bonds is 3. The lowest BCUT2D eigenvalue weighted by Gasteiger charge is -2.32. The smallest absolute Gasteiger partial charge is 0.270 e. The average molecular weight is 386 g/mol. The van der Waals surface area contributed by atoms with Gasteiger partial charge < -0.3 is 14.4 Å². The summed E-state index contributed by atoms with van der Waals surface area (Å²) in [5.74, 6) is -0.242. The van der Waals surface area contributed by atoms with Crippen molar-refractivity contribution in [2.45, 2.75) is 6.54 Å². The van der Waals surface area contributed by atoms with Crippen LogP contribution in [0.5, 0.6) is 0 Å². The minimum absolute atomic E-state index is 0.0255. The minimum atomic E-state index is -0.267. The van der Waals surface area contributed by atoms with Crippen molar-refractivity contribution in [2.75, 3.05) is 33.2 Å². The minimum Gasteiger partial charge on any atom is -0.335 e. The van der Waals surface area contributed by atoms with E-state index in [9.17, 15) is 9.18 Å². The molecule has 1 amide bonds. The van der Waals surface area contributed by atoms with Crippen molar-refractivity contribution in [3.63, 3.8) is 0 Å². The molecule has 1 aromatic heterocycles. The monoisotopic (exact) mass is 385 g/mol. The number of carbonyl (C=O) groups is 1. The Balaban J connectivity index is 1.74. The molecule has 0 N–H and O–H groups in total. The van der Waals surface area contributed by atoms with Crippen LogP contribution in [0.15, 0.2) is 48.5 Å². The Hall–Kier alpha value is -2.37. The summed E-state index contributed by atoms with van der Waals surface area (Å²) in [5.41, 5.74) is 2.53. The summed E-state index contributed by atoms with van der Waals surface area (Å²) in [6.07, 6.45) is 0. The van der Waals surface area contributed by atoms with Crippen LogP contribution in [0, 0.1) is 5.82 Å². The van der Waals surface area contributed by atoms with Crippen molar-refractivity contribution in [2.24, 2.45) is 0 Å². The summed E-state index contributed by atoms with van der Waals surface area (Å²) in [5, 5.41) is 1.57. The maximum absolute atomic E-state index is 13.3. The predicted octanol–water partition coefficient (Wildman–Crippen LogP) is 3.87. The molecule has 0 aliphatic carbocycles. The Labute approximate surface area is 162 Å². The van der Waals surface area contributed by atoms with E-state index in [1.807, 2.05) is 33.7 Å². The molecule has 140 valence electrons. The molecular weight excluding hydrogens is 365 g/mol. The number of carbonyl (C=O) groups excluding carboxylic acids is 1. The topological polar surface area (TPSA) is 28.5 Å². The average Bonchev–Trinajstić information content (AvgIpc) is 3.01. The Morgan fingerprint density at radius 1 is 1.04 bits per heavy atom. The van der Waals surface area contributed by atoms with Gasteiger partial charge in [0.05, 0.1) is 0 Å². The molecule has 4 rings (SSSR count). The number of amides is 1. The summed E-state index contributed by atoms with van der Waals surface area (Å²) < 4.78 is 15.3. The maximum Gasteiger partial charge on any atom is 0.270 e. The molecule has 27 heavy (non-hydrogen) atoms. The number of hydrogen-bond acceptors (Lipinski definition) is 2. The van der Waals surface area contributed by atoms with Crippen molar-refractivity contribution < 1.29 is 9.18 Å². The van der Waals surface area contributed by atoms with Crippen LogP contribution >= 0.6 is 11.6 Å². The first-order valence-corrected chi connectivity index (χ1v) is 9.40. The number of aromatic nitrogens is 1. The summed E-state index contributed by atoms with van der Waals surface area (Å²) >= 11 is 6.15. The van der Waals surface area contributed by atoms with Crippen LogP contribution in [-0.2, 0) is 6.54 Å². The van der Waals surface area contributed by atoms with Crippen molar-refractivity contribution in [3.8, 4) is 0 Å². The third-order valence-corrected chi connectivity index (χ3v) is 5.36. The van der Waals surface area contributed by atoms with Crippen LogP contribution < -0.4 is 0 Å². The lowest BCUT2D eigenvalue weighted by molar-refractivity contribution is 0.0654. The molecule has 6 heteroatoms. The molecule has 0 radical (unpaired) electrons. The Morgan fingerprint density at radius 3 is 2.44 bits per heavy atom. The summed E-state index contributed by atoms with van der Waals surface area (Å²) in [4.78, 5) is 17.3. The molecule has 0 saturated carbocycles. The third kappa shape index (κ3) is 3.70. The fraction of sp³-hybridized carbons (Fsp3) is 0.286. The standard InChI is InChI=1S/C21H21ClFN3O/c1-24-8-10-25(11-9-24)21(27)20-13-16-12-17(22)4-7-19(16)26(20)14-15-2-5-18(23)6-3-15/h2-7,12-13H,8-11,14H2,1H3.